The van der Waals surface area contributed by atoms with Gasteiger partial charge >= 0.3 is 0 Å². The topological polar surface area (TPSA) is 41.6 Å². The molecular weight excluding hydrogens is 228 g/mol. The molecule has 0 radical (unpaired) electrons. The number of carbonyl (C=O) groups excluding carboxylic acids is 1. The predicted octanol–water partition coefficient (Wildman–Crippen LogP) is 1.80. The van der Waals surface area contributed by atoms with Gasteiger partial charge in [-0.15, -0.1) is 0 Å². The average Bonchev–Trinajstić information content (AvgIpc) is 2.62. The lowest BCUT2D eigenvalue weighted by Gasteiger charge is -2.19. The SMILES string of the molecule is COCC(=O)NCCCCCN1CCCCCC1. The van der Waals surface area contributed by atoms with Gasteiger partial charge in [0.25, 0.3) is 0 Å². The van der Waals surface area contributed by atoms with E-state index in [9.17, 15) is 4.79 Å². The third-order valence-corrected chi connectivity index (χ3v) is 3.45. The van der Waals surface area contributed by atoms with E-state index in [4.69, 9.17) is 4.74 Å². The molecule has 4 heteroatoms. The van der Waals surface area contributed by atoms with Gasteiger partial charge in [-0.1, -0.05) is 19.3 Å². The van der Waals surface area contributed by atoms with E-state index < -0.39 is 0 Å². The summed E-state index contributed by atoms with van der Waals surface area (Å²) in [4.78, 5) is 13.7. The number of ether oxygens (including phenoxy) is 1. The van der Waals surface area contributed by atoms with Crippen molar-refractivity contribution in [3.8, 4) is 0 Å². The van der Waals surface area contributed by atoms with Gasteiger partial charge in [-0.3, -0.25) is 4.79 Å². The summed E-state index contributed by atoms with van der Waals surface area (Å²) in [6.07, 6.45) is 9.07. The van der Waals surface area contributed by atoms with E-state index in [0.717, 1.165) is 13.0 Å². The highest BCUT2D eigenvalue weighted by atomic mass is 16.5. The Morgan fingerprint density at radius 3 is 2.50 bits per heavy atom. The molecule has 0 saturated carbocycles. The fourth-order valence-corrected chi connectivity index (χ4v) is 2.41. The molecule has 0 aliphatic carbocycles. The first kappa shape index (κ1) is 15.4. The number of hydrogen-bond acceptors (Lipinski definition) is 3. The number of unbranched alkanes of at least 4 members (excludes halogenated alkanes) is 2. The number of nitrogens with one attached hydrogen (secondary N) is 1. The Morgan fingerprint density at radius 1 is 1.11 bits per heavy atom. The van der Waals surface area contributed by atoms with Crippen LogP contribution in [0.15, 0.2) is 0 Å². The van der Waals surface area contributed by atoms with E-state index in [1.165, 1.54) is 58.2 Å². The highest BCUT2D eigenvalue weighted by Gasteiger charge is 2.07. The van der Waals surface area contributed by atoms with E-state index in [1.54, 1.807) is 7.11 Å². The maximum Gasteiger partial charge on any atom is 0.245 e. The zero-order valence-electron chi connectivity index (χ0n) is 11.7. The summed E-state index contributed by atoms with van der Waals surface area (Å²) in [5, 5.41) is 2.85. The van der Waals surface area contributed by atoms with Gasteiger partial charge in [0.15, 0.2) is 0 Å². The molecule has 0 aromatic heterocycles. The van der Waals surface area contributed by atoms with Gasteiger partial charge in [0.05, 0.1) is 0 Å². The van der Waals surface area contributed by atoms with Crippen molar-refractivity contribution in [1.29, 1.82) is 0 Å². The standard InChI is InChI=1S/C14H28N2O2/c1-18-13-14(17)15-9-5-4-8-12-16-10-6-2-3-7-11-16/h2-13H2,1H3,(H,15,17). The Morgan fingerprint density at radius 2 is 1.83 bits per heavy atom. The fraction of sp³-hybridized carbons (Fsp3) is 0.929. The molecule has 106 valence electrons. The molecule has 4 nitrogen and oxygen atoms in total. The van der Waals surface area contributed by atoms with Crippen LogP contribution in [0.25, 0.3) is 0 Å². The second-order valence-corrected chi connectivity index (χ2v) is 5.10. The van der Waals surface area contributed by atoms with Gasteiger partial charge in [0, 0.05) is 13.7 Å². The molecule has 0 aromatic carbocycles. The van der Waals surface area contributed by atoms with Crippen LogP contribution in [0.2, 0.25) is 0 Å². The van der Waals surface area contributed by atoms with Crippen LogP contribution in [-0.4, -0.2) is 50.7 Å². The Hall–Kier alpha value is -0.610. The fourth-order valence-electron chi connectivity index (χ4n) is 2.41. The third-order valence-electron chi connectivity index (χ3n) is 3.45. The van der Waals surface area contributed by atoms with Crippen LogP contribution in [0.3, 0.4) is 0 Å². The van der Waals surface area contributed by atoms with Gasteiger partial charge in [-0.2, -0.15) is 0 Å². The number of hydrogen-bond donors (Lipinski definition) is 1. The van der Waals surface area contributed by atoms with Gasteiger partial charge < -0.3 is 15.0 Å². The first-order chi connectivity index (χ1) is 8.83. The number of rotatable bonds is 8. The Bertz CT molecular complexity index is 214. The lowest BCUT2D eigenvalue weighted by atomic mass is 10.2. The number of likely N-dealkylation sites (tertiary alicyclic amines) is 1. The molecule has 1 saturated heterocycles. The van der Waals surface area contributed by atoms with E-state index >= 15 is 0 Å². The summed E-state index contributed by atoms with van der Waals surface area (Å²) in [5.41, 5.74) is 0. The summed E-state index contributed by atoms with van der Waals surface area (Å²) < 4.78 is 4.75. The second kappa shape index (κ2) is 10.3. The molecule has 0 aromatic rings. The summed E-state index contributed by atoms with van der Waals surface area (Å²) >= 11 is 0. The average molecular weight is 256 g/mol. The van der Waals surface area contributed by atoms with Crippen molar-refractivity contribution in [2.24, 2.45) is 0 Å². The maximum absolute atomic E-state index is 11.1. The number of carbonyl (C=O) groups is 1. The van der Waals surface area contributed by atoms with Crippen molar-refractivity contribution in [2.45, 2.75) is 44.9 Å². The predicted molar refractivity (Wildman–Crippen MR) is 73.6 cm³/mol. The van der Waals surface area contributed by atoms with Crippen molar-refractivity contribution < 1.29 is 9.53 Å². The molecule has 0 atom stereocenters. The van der Waals surface area contributed by atoms with Crippen molar-refractivity contribution in [2.75, 3.05) is 39.9 Å². The molecule has 18 heavy (non-hydrogen) atoms. The summed E-state index contributed by atoms with van der Waals surface area (Å²) in [5.74, 6) is -0.00924. The van der Waals surface area contributed by atoms with Crippen LogP contribution < -0.4 is 5.32 Å². The van der Waals surface area contributed by atoms with Gasteiger partial charge in [-0.05, 0) is 45.3 Å². The summed E-state index contributed by atoms with van der Waals surface area (Å²) in [7, 11) is 1.54. The Balaban J connectivity index is 1.90. The highest BCUT2D eigenvalue weighted by molar-refractivity contribution is 5.77. The maximum atomic E-state index is 11.1. The monoisotopic (exact) mass is 256 g/mol. The quantitative estimate of drug-likeness (QED) is 0.673. The number of amides is 1. The molecule has 1 aliphatic rings. The normalized spacial score (nSPS) is 17.4. The van der Waals surface area contributed by atoms with Gasteiger partial charge in [-0.25, -0.2) is 0 Å². The molecule has 1 aliphatic heterocycles. The summed E-state index contributed by atoms with van der Waals surface area (Å²) in [6.45, 7) is 4.75. The lowest BCUT2D eigenvalue weighted by Crippen LogP contribution is -2.28. The zero-order valence-corrected chi connectivity index (χ0v) is 11.7. The first-order valence-electron chi connectivity index (χ1n) is 7.31. The minimum absolute atomic E-state index is 0.00924. The lowest BCUT2D eigenvalue weighted by molar-refractivity contribution is -0.124. The molecule has 0 spiro atoms. The van der Waals surface area contributed by atoms with Crippen molar-refractivity contribution in [3.05, 3.63) is 0 Å². The third kappa shape index (κ3) is 7.67. The zero-order chi connectivity index (χ0) is 13.1. The van der Waals surface area contributed by atoms with Gasteiger partial charge in [0.1, 0.15) is 6.61 Å². The molecular formula is C14H28N2O2. The van der Waals surface area contributed by atoms with Crippen LogP contribution in [-0.2, 0) is 9.53 Å². The minimum atomic E-state index is -0.00924. The molecule has 0 bridgehead atoms. The minimum Gasteiger partial charge on any atom is -0.375 e. The molecule has 1 heterocycles. The van der Waals surface area contributed by atoms with Crippen LogP contribution in [0, 0.1) is 0 Å². The Labute approximate surface area is 111 Å². The second-order valence-electron chi connectivity index (χ2n) is 5.10. The van der Waals surface area contributed by atoms with Gasteiger partial charge in [0.2, 0.25) is 5.91 Å². The summed E-state index contributed by atoms with van der Waals surface area (Å²) in [6, 6.07) is 0. The van der Waals surface area contributed by atoms with E-state index in [0.29, 0.717) is 0 Å². The highest BCUT2D eigenvalue weighted by Crippen LogP contribution is 2.10. The molecule has 1 rings (SSSR count). The van der Waals surface area contributed by atoms with Crippen LogP contribution in [0.4, 0.5) is 0 Å². The van der Waals surface area contributed by atoms with Crippen molar-refractivity contribution in [3.63, 3.8) is 0 Å². The van der Waals surface area contributed by atoms with Crippen LogP contribution in [0.5, 0.6) is 0 Å². The molecule has 0 unspecified atom stereocenters. The van der Waals surface area contributed by atoms with Crippen LogP contribution in [0.1, 0.15) is 44.9 Å². The molecule has 1 fully saturated rings. The van der Waals surface area contributed by atoms with Crippen molar-refractivity contribution in [1.82, 2.24) is 10.2 Å². The number of nitrogens with zero attached hydrogens (tertiary/aromatic N) is 1. The largest absolute Gasteiger partial charge is 0.375 e. The van der Waals surface area contributed by atoms with Crippen LogP contribution >= 0.6 is 0 Å². The van der Waals surface area contributed by atoms with E-state index in [2.05, 4.69) is 10.2 Å². The smallest absolute Gasteiger partial charge is 0.245 e. The molecule has 1 amide bonds. The Kier molecular flexibility index (Phi) is 8.86. The molecule has 1 N–H and O–H groups in total. The van der Waals surface area contributed by atoms with Crippen molar-refractivity contribution >= 4 is 5.91 Å². The first-order valence-corrected chi connectivity index (χ1v) is 7.31. The van der Waals surface area contributed by atoms with E-state index in [-0.39, 0.29) is 12.5 Å². The number of methoxy groups -OCH3 is 1. The van der Waals surface area contributed by atoms with E-state index in [1.807, 2.05) is 0 Å².